The topological polar surface area (TPSA) is 24.4 Å². The summed E-state index contributed by atoms with van der Waals surface area (Å²) in [5.41, 5.74) is 3.69. The Morgan fingerprint density at radius 3 is 2.92 bits per heavy atom. The Morgan fingerprint density at radius 1 is 1.75 bits per heavy atom. The highest BCUT2D eigenvalue weighted by Gasteiger charge is 2.05. The van der Waals surface area contributed by atoms with Gasteiger partial charge in [-0.05, 0) is 25.0 Å². The predicted octanol–water partition coefficient (Wildman–Crippen LogP) is 1.90. The Bertz CT molecular complexity index is 247. The Kier molecular flexibility index (Phi) is 3.09. The molecule has 12 heavy (non-hydrogen) atoms. The van der Waals surface area contributed by atoms with Crippen molar-refractivity contribution < 1.29 is 0 Å². The lowest BCUT2D eigenvalue weighted by Gasteiger charge is -2.02. The average Bonchev–Trinajstić information content (AvgIpc) is 2.47. The summed E-state index contributed by atoms with van der Waals surface area (Å²) in [5, 5.41) is 3.29. The number of nitrogens with one attached hydrogen (secondary N) is 1. The van der Waals surface area contributed by atoms with Crippen LogP contribution in [0.3, 0.4) is 0 Å². The average molecular weight is 164 g/mol. The fourth-order valence-electron chi connectivity index (χ4n) is 1.22. The van der Waals surface area contributed by atoms with Gasteiger partial charge in [-0.1, -0.05) is 13.0 Å². The molecule has 1 aliphatic rings. The van der Waals surface area contributed by atoms with E-state index < -0.39 is 0 Å². The second-order valence-electron chi connectivity index (χ2n) is 2.89. The van der Waals surface area contributed by atoms with Gasteiger partial charge < -0.3 is 5.32 Å². The second kappa shape index (κ2) is 4.10. The van der Waals surface area contributed by atoms with Gasteiger partial charge in [0.25, 0.3) is 0 Å². The molecule has 0 aromatic rings. The lowest BCUT2D eigenvalue weighted by molar-refractivity contribution is 0.973. The van der Waals surface area contributed by atoms with Gasteiger partial charge in [-0.3, -0.25) is 4.99 Å². The molecule has 0 aromatic heterocycles. The van der Waals surface area contributed by atoms with Crippen LogP contribution in [0.1, 0.15) is 20.3 Å². The molecule has 0 bridgehead atoms. The summed E-state index contributed by atoms with van der Waals surface area (Å²) in [6, 6.07) is 0. The first-order chi connectivity index (χ1) is 5.77. The molecule has 0 amide bonds. The maximum Gasteiger partial charge on any atom is 0.0387 e. The first-order valence-electron chi connectivity index (χ1n) is 4.36. The standard InChI is InChI=1S/C10H16N2/c1-4-9(11-3)7-10-8(2)5-6-12-10/h5,7,12H,4,6H2,1-3H3/b10-7-,11-9+. The third-order valence-electron chi connectivity index (χ3n) is 2.09. The molecule has 0 aliphatic carbocycles. The van der Waals surface area contributed by atoms with Gasteiger partial charge in [0.2, 0.25) is 0 Å². The predicted molar refractivity (Wildman–Crippen MR) is 53.5 cm³/mol. The molecule has 66 valence electrons. The van der Waals surface area contributed by atoms with Crippen LogP contribution in [-0.4, -0.2) is 19.3 Å². The third kappa shape index (κ3) is 1.97. The molecule has 1 N–H and O–H groups in total. The van der Waals surface area contributed by atoms with E-state index in [1.807, 2.05) is 7.05 Å². The van der Waals surface area contributed by atoms with Crippen LogP contribution < -0.4 is 5.32 Å². The molecule has 2 heteroatoms. The molecule has 1 rings (SSSR count). The molecule has 1 aliphatic heterocycles. The van der Waals surface area contributed by atoms with Crippen LogP contribution in [0.2, 0.25) is 0 Å². The van der Waals surface area contributed by atoms with Crippen molar-refractivity contribution in [1.82, 2.24) is 5.32 Å². The van der Waals surface area contributed by atoms with Gasteiger partial charge in [0.15, 0.2) is 0 Å². The molecule has 0 radical (unpaired) electrons. The minimum atomic E-state index is 0.957. The Morgan fingerprint density at radius 2 is 2.50 bits per heavy atom. The van der Waals surface area contributed by atoms with Crippen LogP contribution in [0.5, 0.6) is 0 Å². The van der Waals surface area contributed by atoms with Gasteiger partial charge in [-0.25, -0.2) is 0 Å². The number of allylic oxidation sites excluding steroid dienone is 2. The smallest absolute Gasteiger partial charge is 0.0387 e. The number of aliphatic imine (C=N–C) groups is 1. The number of nitrogens with zero attached hydrogens (tertiary/aromatic N) is 1. The molecule has 0 fully saturated rings. The molecule has 0 spiro atoms. The van der Waals surface area contributed by atoms with E-state index in [2.05, 4.69) is 36.3 Å². The van der Waals surface area contributed by atoms with Crippen LogP contribution >= 0.6 is 0 Å². The van der Waals surface area contributed by atoms with Crippen molar-refractivity contribution in [3.63, 3.8) is 0 Å². The summed E-state index contributed by atoms with van der Waals surface area (Å²) >= 11 is 0. The Balaban J connectivity index is 2.75. The lowest BCUT2D eigenvalue weighted by atomic mass is 10.2. The normalized spacial score (nSPS) is 21.1. The van der Waals surface area contributed by atoms with Crippen molar-refractivity contribution in [1.29, 1.82) is 0 Å². The van der Waals surface area contributed by atoms with E-state index in [-0.39, 0.29) is 0 Å². The Hall–Kier alpha value is -1.05. The largest absolute Gasteiger partial charge is 0.381 e. The van der Waals surface area contributed by atoms with Crippen molar-refractivity contribution in [3.8, 4) is 0 Å². The van der Waals surface area contributed by atoms with Crippen molar-refractivity contribution in [2.24, 2.45) is 4.99 Å². The number of hydrogen-bond acceptors (Lipinski definition) is 2. The summed E-state index contributed by atoms with van der Waals surface area (Å²) in [6.07, 6.45) is 5.31. The summed E-state index contributed by atoms with van der Waals surface area (Å²) in [5.74, 6) is 0. The van der Waals surface area contributed by atoms with E-state index in [4.69, 9.17) is 0 Å². The van der Waals surface area contributed by atoms with E-state index in [0.29, 0.717) is 0 Å². The van der Waals surface area contributed by atoms with Gasteiger partial charge in [0.1, 0.15) is 0 Å². The van der Waals surface area contributed by atoms with Crippen LogP contribution in [0, 0.1) is 0 Å². The minimum Gasteiger partial charge on any atom is -0.381 e. The van der Waals surface area contributed by atoms with E-state index >= 15 is 0 Å². The summed E-state index contributed by atoms with van der Waals surface area (Å²) in [7, 11) is 1.84. The first kappa shape index (κ1) is 9.04. The molecular weight excluding hydrogens is 148 g/mol. The minimum absolute atomic E-state index is 0.957. The highest BCUT2D eigenvalue weighted by molar-refractivity contribution is 5.95. The quantitative estimate of drug-likeness (QED) is 0.619. The third-order valence-corrected chi connectivity index (χ3v) is 2.09. The van der Waals surface area contributed by atoms with Gasteiger partial charge >= 0.3 is 0 Å². The molecule has 2 nitrogen and oxygen atoms in total. The lowest BCUT2D eigenvalue weighted by Crippen LogP contribution is -2.08. The van der Waals surface area contributed by atoms with Crippen molar-refractivity contribution in [2.75, 3.05) is 13.6 Å². The molecule has 0 aromatic carbocycles. The second-order valence-corrected chi connectivity index (χ2v) is 2.89. The molecule has 0 atom stereocenters. The molecular formula is C10H16N2. The highest BCUT2D eigenvalue weighted by atomic mass is 14.9. The van der Waals surface area contributed by atoms with Crippen molar-refractivity contribution in [3.05, 3.63) is 23.4 Å². The van der Waals surface area contributed by atoms with E-state index in [0.717, 1.165) is 18.7 Å². The fraction of sp³-hybridized carbons (Fsp3) is 0.500. The SMILES string of the molecule is CCC(/C=C1\NCC=C1C)=N\C. The molecule has 1 heterocycles. The van der Waals surface area contributed by atoms with Gasteiger partial charge in [-0.15, -0.1) is 0 Å². The van der Waals surface area contributed by atoms with E-state index in [9.17, 15) is 0 Å². The summed E-state index contributed by atoms with van der Waals surface area (Å²) in [6.45, 7) is 5.19. The zero-order chi connectivity index (χ0) is 8.97. The molecule has 0 saturated carbocycles. The monoisotopic (exact) mass is 164 g/mol. The zero-order valence-corrected chi connectivity index (χ0v) is 8.02. The maximum atomic E-state index is 4.18. The molecule has 0 saturated heterocycles. The zero-order valence-electron chi connectivity index (χ0n) is 8.02. The van der Waals surface area contributed by atoms with Gasteiger partial charge in [-0.2, -0.15) is 0 Å². The molecule has 0 unspecified atom stereocenters. The van der Waals surface area contributed by atoms with Crippen LogP contribution in [0.4, 0.5) is 0 Å². The number of rotatable bonds is 2. The highest BCUT2D eigenvalue weighted by Crippen LogP contribution is 2.11. The van der Waals surface area contributed by atoms with E-state index in [1.54, 1.807) is 0 Å². The summed E-state index contributed by atoms with van der Waals surface area (Å²) < 4.78 is 0. The van der Waals surface area contributed by atoms with Crippen molar-refractivity contribution in [2.45, 2.75) is 20.3 Å². The number of hydrogen-bond donors (Lipinski definition) is 1. The van der Waals surface area contributed by atoms with Crippen LogP contribution in [-0.2, 0) is 0 Å². The fourth-order valence-corrected chi connectivity index (χ4v) is 1.22. The van der Waals surface area contributed by atoms with Crippen LogP contribution in [0.25, 0.3) is 0 Å². The van der Waals surface area contributed by atoms with Crippen LogP contribution in [0.15, 0.2) is 28.4 Å². The van der Waals surface area contributed by atoms with Gasteiger partial charge in [0.05, 0.1) is 0 Å². The maximum absolute atomic E-state index is 4.18. The first-order valence-corrected chi connectivity index (χ1v) is 4.36. The Labute approximate surface area is 74.1 Å². The van der Waals surface area contributed by atoms with E-state index in [1.165, 1.54) is 11.3 Å². The van der Waals surface area contributed by atoms with Gasteiger partial charge in [0, 0.05) is 25.0 Å². The van der Waals surface area contributed by atoms with Crippen molar-refractivity contribution >= 4 is 5.71 Å². The summed E-state index contributed by atoms with van der Waals surface area (Å²) in [4.78, 5) is 4.18.